The van der Waals surface area contributed by atoms with Gasteiger partial charge in [-0.3, -0.25) is 14.7 Å². The summed E-state index contributed by atoms with van der Waals surface area (Å²) in [6.45, 7) is 8.05. The second kappa shape index (κ2) is 8.05. The molecule has 0 spiro atoms. The maximum absolute atomic E-state index is 13.0. The second-order valence-corrected chi connectivity index (χ2v) is 14.8. The third-order valence-corrected chi connectivity index (χ3v) is 7.37. The largest absolute Gasteiger partial charge is 0.361 e. The van der Waals surface area contributed by atoms with Crippen LogP contribution in [0, 0.1) is 0 Å². The van der Waals surface area contributed by atoms with Gasteiger partial charge in [-0.05, 0) is 24.2 Å². The van der Waals surface area contributed by atoms with E-state index < -0.39 is 19.9 Å². The number of rotatable bonds is 7. The lowest BCUT2D eigenvalue weighted by Gasteiger charge is -2.15. The van der Waals surface area contributed by atoms with Gasteiger partial charge in [-0.15, -0.1) is 0 Å². The molecule has 0 saturated heterocycles. The van der Waals surface area contributed by atoms with Crippen molar-refractivity contribution in [3.8, 4) is 11.3 Å². The number of aromatic amines is 1. The molecule has 0 atom stereocenters. The predicted molar refractivity (Wildman–Crippen MR) is 127 cm³/mol. The lowest BCUT2D eigenvalue weighted by atomic mass is 10.1. The van der Waals surface area contributed by atoms with Gasteiger partial charge in [0, 0.05) is 32.5 Å². The molecule has 1 N–H and O–H groups in total. The third kappa shape index (κ3) is 3.77. The van der Waals surface area contributed by atoms with E-state index in [1.54, 1.807) is 30.5 Å². The van der Waals surface area contributed by atoms with Crippen LogP contribution in [0.1, 0.15) is 20.7 Å². The summed E-state index contributed by atoms with van der Waals surface area (Å²) in [5, 5.41) is 7.79. The normalized spacial score (nSPS) is 13.8. The van der Waals surface area contributed by atoms with Crippen LogP contribution in [0.4, 0.5) is 5.82 Å². The number of hydrogen-bond donors (Lipinski definition) is 1. The molecule has 33 heavy (non-hydrogen) atoms. The lowest BCUT2D eigenvalue weighted by Crippen LogP contribution is -2.30. The first kappa shape index (κ1) is 21.2. The Morgan fingerprint density at radius 1 is 1.00 bits per heavy atom. The van der Waals surface area contributed by atoms with Crippen LogP contribution in [0.2, 0.25) is 25.7 Å². The highest BCUT2D eigenvalue weighted by atomic mass is 28.3. The van der Waals surface area contributed by atoms with Gasteiger partial charge in [0.1, 0.15) is 18.7 Å². The maximum Gasteiger partial charge on any atom is 0.267 e. The monoisotopic (exact) mass is 460 g/mol. The molecule has 0 saturated carbocycles. The Morgan fingerprint density at radius 2 is 1.73 bits per heavy atom. The van der Waals surface area contributed by atoms with E-state index in [1.807, 2.05) is 16.8 Å². The van der Waals surface area contributed by atoms with Crippen molar-refractivity contribution in [2.45, 2.75) is 32.4 Å². The Bertz CT molecular complexity index is 1340. The summed E-state index contributed by atoms with van der Waals surface area (Å²) in [5.41, 5.74) is 2.58. The number of carbonyl (C=O) groups is 2. The van der Waals surface area contributed by atoms with E-state index in [4.69, 9.17) is 4.74 Å². The van der Waals surface area contributed by atoms with Gasteiger partial charge in [0.15, 0.2) is 5.82 Å². The molecule has 5 rings (SSSR count). The summed E-state index contributed by atoms with van der Waals surface area (Å²) in [7, 11) is -1.16. The summed E-state index contributed by atoms with van der Waals surface area (Å²) in [6, 6.07) is 9.76. The molecule has 0 bridgehead atoms. The smallest absolute Gasteiger partial charge is 0.267 e. The summed E-state index contributed by atoms with van der Waals surface area (Å²) in [4.78, 5) is 35.9. The van der Waals surface area contributed by atoms with Crippen LogP contribution in [0.15, 0.2) is 49.1 Å². The average Bonchev–Trinajstić information content (AvgIpc) is 3.48. The molecule has 4 aromatic rings. The molecule has 0 radical (unpaired) electrons. The van der Waals surface area contributed by atoms with Gasteiger partial charge in [0.2, 0.25) is 0 Å². The fourth-order valence-corrected chi connectivity index (χ4v) is 4.63. The fourth-order valence-electron chi connectivity index (χ4n) is 3.87. The van der Waals surface area contributed by atoms with E-state index in [2.05, 4.69) is 39.8 Å². The van der Waals surface area contributed by atoms with Crippen molar-refractivity contribution in [3.63, 3.8) is 0 Å². The zero-order valence-corrected chi connectivity index (χ0v) is 19.7. The molecule has 10 heteroatoms. The third-order valence-electron chi connectivity index (χ3n) is 5.66. The Hall–Kier alpha value is -3.63. The van der Waals surface area contributed by atoms with Crippen molar-refractivity contribution in [2.75, 3.05) is 11.5 Å². The minimum absolute atomic E-state index is 0.223. The van der Waals surface area contributed by atoms with E-state index in [0.717, 1.165) is 16.3 Å². The molecule has 9 nitrogen and oxygen atoms in total. The lowest BCUT2D eigenvalue weighted by molar-refractivity contribution is 0.0898. The topological polar surface area (TPSA) is 106 Å². The summed E-state index contributed by atoms with van der Waals surface area (Å²) in [6.07, 6.45) is 5.01. The Labute approximate surface area is 191 Å². The Morgan fingerprint density at radius 3 is 2.42 bits per heavy atom. The van der Waals surface area contributed by atoms with Crippen molar-refractivity contribution in [1.82, 2.24) is 24.7 Å². The number of nitrogens with one attached hydrogen (secondary N) is 1. The second-order valence-electron chi connectivity index (χ2n) is 9.21. The van der Waals surface area contributed by atoms with Gasteiger partial charge < -0.3 is 9.30 Å². The van der Waals surface area contributed by atoms with Crippen LogP contribution >= 0.6 is 0 Å². The quantitative estimate of drug-likeness (QED) is 0.254. The zero-order valence-electron chi connectivity index (χ0n) is 18.7. The van der Waals surface area contributed by atoms with Crippen molar-refractivity contribution in [1.29, 1.82) is 0 Å². The van der Waals surface area contributed by atoms with Crippen molar-refractivity contribution >= 4 is 36.7 Å². The molecule has 0 fully saturated rings. The number of nitrogens with zero attached hydrogens (tertiary/aromatic N) is 5. The molecule has 0 aliphatic carbocycles. The number of aromatic nitrogens is 5. The van der Waals surface area contributed by atoms with Crippen molar-refractivity contribution in [3.05, 3.63) is 60.2 Å². The molecule has 0 unspecified atom stereocenters. The fraction of sp³-hybridized carbons (Fsp3) is 0.261. The molecule has 4 heterocycles. The number of anilines is 1. The van der Waals surface area contributed by atoms with Gasteiger partial charge in [-0.2, -0.15) is 5.10 Å². The number of amides is 2. The standard InChI is InChI=1S/C23H24N6O3Si/c1-33(2,3)11-10-32-14-28-9-8-17-19(24-13-25-20(17)28)18-12-26-27-21(18)29-22(30)15-6-4-5-7-16(15)23(29)31/h4-9,12-13H,10-11,14H2,1-3H3,(H,26,27). The maximum atomic E-state index is 13.0. The molecular weight excluding hydrogens is 436 g/mol. The van der Waals surface area contributed by atoms with E-state index in [-0.39, 0.29) is 5.82 Å². The van der Waals surface area contributed by atoms with Crippen LogP contribution in [0.3, 0.4) is 0 Å². The molecule has 1 aliphatic heterocycles. The summed E-state index contributed by atoms with van der Waals surface area (Å²) < 4.78 is 7.81. The Balaban J connectivity index is 1.46. The van der Waals surface area contributed by atoms with Crippen LogP contribution in [-0.2, 0) is 11.5 Å². The zero-order chi connectivity index (χ0) is 23.2. The Kier molecular flexibility index (Phi) is 5.18. The highest BCUT2D eigenvalue weighted by Gasteiger charge is 2.39. The summed E-state index contributed by atoms with van der Waals surface area (Å²) >= 11 is 0. The van der Waals surface area contributed by atoms with Crippen molar-refractivity contribution in [2.24, 2.45) is 0 Å². The molecule has 2 amide bonds. The van der Waals surface area contributed by atoms with Gasteiger partial charge in [-0.25, -0.2) is 14.9 Å². The van der Waals surface area contributed by atoms with Crippen LogP contribution in [0.25, 0.3) is 22.3 Å². The SMILES string of the molecule is C[Si](C)(C)CCOCn1ccc2c(-c3c[nH]nc3N3C(=O)c4ccccc4C3=O)ncnc21. The minimum atomic E-state index is -1.16. The van der Waals surface area contributed by atoms with Crippen molar-refractivity contribution < 1.29 is 14.3 Å². The van der Waals surface area contributed by atoms with Crippen LogP contribution < -0.4 is 4.90 Å². The average molecular weight is 461 g/mol. The number of benzene rings is 1. The number of ether oxygens (including phenoxy) is 1. The van der Waals surface area contributed by atoms with E-state index >= 15 is 0 Å². The number of imide groups is 1. The minimum Gasteiger partial charge on any atom is -0.361 e. The van der Waals surface area contributed by atoms with Gasteiger partial charge in [-0.1, -0.05) is 31.8 Å². The molecular formula is C23H24N6O3Si. The number of H-pyrrole nitrogens is 1. The summed E-state index contributed by atoms with van der Waals surface area (Å²) in [5.74, 6) is -0.578. The van der Waals surface area contributed by atoms with E-state index in [1.165, 1.54) is 6.33 Å². The number of fused-ring (bicyclic) bond motifs is 2. The molecule has 3 aromatic heterocycles. The molecule has 168 valence electrons. The van der Waals surface area contributed by atoms with Gasteiger partial charge in [0.25, 0.3) is 11.8 Å². The van der Waals surface area contributed by atoms with E-state index in [0.29, 0.717) is 41.4 Å². The molecule has 1 aromatic carbocycles. The first-order valence-electron chi connectivity index (χ1n) is 10.7. The molecule has 1 aliphatic rings. The van der Waals surface area contributed by atoms with Crippen LogP contribution in [-0.4, -0.2) is 51.2 Å². The predicted octanol–water partition coefficient (Wildman–Crippen LogP) is 3.93. The highest BCUT2D eigenvalue weighted by Crippen LogP contribution is 2.36. The van der Waals surface area contributed by atoms with Gasteiger partial charge >= 0.3 is 0 Å². The van der Waals surface area contributed by atoms with Gasteiger partial charge in [0.05, 0.1) is 22.4 Å². The highest BCUT2D eigenvalue weighted by molar-refractivity contribution is 6.76. The van der Waals surface area contributed by atoms with Crippen LogP contribution in [0.5, 0.6) is 0 Å². The number of carbonyl (C=O) groups excluding carboxylic acids is 2. The number of hydrogen-bond acceptors (Lipinski definition) is 6. The first-order chi connectivity index (χ1) is 15.8. The van der Waals surface area contributed by atoms with E-state index in [9.17, 15) is 9.59 Å². The first-order valence-corrected chi connectivity index (χ1v) is 14.5.